The van der Waals surface area contributed by atoms with Gasteiger partial charge in [-0.2, -0.15) is 0 Å². The maximum Gasteiger partial charge on any atom is 0.344 e. The lowest BCUT2D eigenvalue weighted by atomic mass is 9.91. The van der Waals surface area contributed by atoms with Crippen LogP contribution in [0.1, 0.15) is 0 Å². The normalized spacial score (nSPS) is 11.7. The Bertz CT molecular complexity index is 1120. The van der Waals surface area contributed by atoms with Gasteiger partial charge < -0.3 is 9.47 Å². The molecule has 29 heavy (non-hydrogen) atoms. The van der Waals surface area contributed by atoms with Gasteiger partial charge in [-0.05, 0) is 24.3 Å². The molecule has 0 atom stereocenters. The van der Waals surface area contributed by atoms with Gasteiger partial charge in [-0.3, -0.25) is 0 Å². The number of pyridine rings is 2. The summed E-state index contributed by atoms with van der Waals surface area (Å²) < 4.78 is 16.1. The number of nitrogens with zero attached hydrogens (tertiary/aromatic N) is 2. The minimum absolute atomic E-state index is 0.682. The van der Waals surface area contributed by atoms with Crippen molar-refractivity contribution in [3.63, 3.8) is 0 Å². The van der Waals surface area contributed by atoms with Crippen LogP contribution < -0.4 is 18.6 Å². The summed E-state index contributed by atoms with van der Waals surface area (Å²) in [6.07, 6.45) is 4.23. The molecule has 0 spiro atoms. The van der Waals surface area contributed by atoms with E-state index in [1.54, 1.807) is 14.2 Å². The zero-order chi connectivity index (χ0) is 19.8. The number of hydrogen-bond donors (Lipinski definition) is 0. The van der Waals surface area contributed by atoms with E-state index in [4.69, 9.17) is 9.47 Å². The molecule has 0 amide bonds. The van der Waals surface area contributed by atoms with Crippen LogP contribution >= 0.6 is 0 Å². The summed E-state index contributed by atoms with van der Waals surface area (Å²) in [5, 5.41) is 0. The second kappa shape index (κ2) is 7.06. The van der Waals surface area contributed by atoms with Gasteiger partial charge in [0.2, 0.25) is 11.4 Å². The van der Waals surface area contributed by atoms with E-state index in [2.05, 4.69) is 70.1 Å². The number of aromatic nitrogens is 2. The fourth-order valence-electron chi connectivity index (χ4n) is 4.20. The van der Waals surface area contributed by atoms with Gasteiger partial charge in [0, 0.05) is 35.4 Å². The van der Waals surface area contributed by atoms with Gasteiger partial charge in [-0.1, -0.05) is 24.3 Å². The van der Waals surface area contributed by atoms with Crippen LogP contribution in [-0.4, -0.2) is 14.2 Å². The van der Waals surface area contributed by atoms with Gasteiger partial charge in [0.05, 0.1) is 25.3 Å². The van der Waals surface area contributed by atoms with Gasteiger partial charge in [-0.25, -0.2) is 0 Å². The number of methoxy groups -OCH3 is 2. The average molecular weight is 382 g/mol. The van der Waals surface area contributed by atoms with Gasteiger partial charge in [-0.15, -0.1) is 9.13 Å². The van der Waals surface area contributed by atoms with E-state index in [0.29, 0.717) is 6.67 Å². The molecule has 0 saturated heterocycles. The van der Waals surface area contributed by atoms with Crippen LogP contribution in [0.25, 0.3) is 33.6 Å². The Hall–Kier alpha value is -3.66. The van der Waals surface area contributed by atoms with E-state index in [-0.39, 0.29) is 0 Å². The standard InChI is InChI=1S/C25H22N2O2/c1-28-22-13-7-9-18-19-10-8-14-23(29-2)25(19)21-12-4-6-16-27(21)17-26-15-5-3-11-20(26)24(18)22/h3-16H,17H2,1-2H3/q+2. The number of benzene rings is 2. The topological polar surface area (TPSA) is 26.2 Å². The number of hydrogen-bond acceptors (Lipinski definition) is 2. The number of rotatable bonds is 2. The molecule has 2 aromatic heterocycles. The highest BCUT2D eigenvalue weighted by Crippen LogP contribution is 2.44. The predicted molar refractivity (Wildman–Crippen MR) is 112 cm³/mol. The van der Waals surface area contributed by atoms with Crippen LogP contribution in [0.2, 0.25) is 0 Å². The van der Waals surface area contributed by atoms with Crippen molar-refractivity contribution < 1.29 is 18.6 Å². The summed E-state index contributed by atoms with van der Waals surface area (Å²) in [6.45, 7) is 0.682. The summed E-state index contributed by atoms with van der Waals surface area (Å²) in [5.41, 5.74) is 6.62. The Morgan fingerprint density at radius 1 is 0.586 bits per heavy atom. The van der Waals surface area contributed by atoms with E-state index in [1.165, 1.54) is 0 Å². The second-order valence-electron chi connectivity index (χ2n) is 7.02. The summed E-state index contributed by atoms with van der Waals surface area (Å²) in [6, 6.07) is 25.0. The van der Waals surface area contributed by atoms with E-state index in [0.717, 1.165) is 45.1 Å². The molecule has 4 aromatic rings. The first-order valence-corrected chi connectivity index (χ1v) is 9.64. The Kier molecular flexibility index (Phi) is 4.24. The smallest absolute Gasteiger partial charge is 0.344 e. The molecule has 4 heteroatoms. The first-order chi connectivity index (χ1) is 14.3. The number of fused-ring (bicyclic) bond motifs is 7. The lowest BCUT2D eigenvalue weighted by Crippen LogP contribution is -2.53. The van der Waals surface area contributed by atoms with Crippen molar-refractivity contribution in [2.75, 3.05) is 14.2 Å². The molecule has 5 rings (SSSR count). The zero-order valence-electron chi connectivity index (χ0n) is 16.5. The number of ether oxygens (including phenoxy) is 2. The molecule has 0 radical (unpaired) electrons. The fourth-order valence-corrected chi connectivity index (χ4v) is 4.20. The average Bonchev–Trinajstić information content (AvgIpc) is 2.83. The molecule has 2 aromatic carbocycles. The molecule has 0 fully saturated rings. The molecule has 0 unspecified atom stereocenters. The van der Waals surface area contributed by atoms with Crippen LogP contribution in [0.4, 0.5) is 0 Å². The van der Waals surface area contributed by atoms with Gasteiger partial charge >= 0.3 is 6.67 Å². The molecule has 3 heterocycles. The Labute approximate surface area is 170 Å². The minimum atomic E-state index is 0.682. The third-order valence-corrected chi connectivity index (χ3v) is 5.48. The van der Waals surface area contributed by atoms with Crippen molar-refractivity contribution in [1.82, 2.24) is 0 Å². The predicted octanol–water partition coefficient (Wildman–Crippen LogP) is 4.10. The first kappa shape index (κ1) is 17.4. The van der Waals surface area contributed by atoms with Crippen molar-refractivity contribution in [3.8, 4) is 45.1 Å². The third kappa shape index (κ3) is 2.76. The molecule has 4 nitrogen and oxygen atoms in total. The van der Waals surface area contributed by atoms with Crippen molar-refractivity contribution in [3.05, 3.63) is 85.2 Å². The highest BCUT2D eigenvalue weighted by Gasteiger charge is 2.31. The molecule has 0 aliphatic carbocycles. The monoisotopic (exact) mass is 382 g/mol. The molecular weight excluding hydrogens is 360 g/mol. The van der Waals surface area contributed by atoms with E-state index in [9.17, 15) is 0 Å². The van der Waals surface area contributed by atoms with E-state index < -0.39 is 0 Å². The van der Waals surface area contributed by atoms with E-state index >= 15 is 0 Å². The van der Waals surface area contributed by atoms with Crippen molar-refractivity contribution >= 4 is 0 Å². The summed E-state index contributed by atoms with van der Waals surface area (Å²) in [4.78, 5) is 0. The Morgan fingerprint density at radius 2 is 1.07 bits per heavy atom. The zero-order valence-corrected chi connectivity index (χ0v) is 16.5. The second-order valence-corrected chi connectivity index (χ2v) is 7.02. The van der Waals surface area contributed by atoms with Crippen LogP contribution in [0.3, 0.4) is 0 Å². The largest absolute Gasteiger partial charge is 0.496 e. The van der Waals surface area contributed by atoms with Crippen LogP contribution in [0.15, 0.2) is 85.2 Å². The first-order valence-electron chi connectivity index (χ1n) is 9.64. The molecule has 1 aliphatic heterocycles. The Morgan fingerprint density at radius 3 is 1.52 bits per heavy atom. The molecule has 0 saturated carbocycles. The summed E-state index contributed by atoms with van der Waals surface area (Å²) >= 11 is 0. The van der Waals surface area contributed by atoms with Crippen LogP contribution in [0, 0.1) is 0 Å². The lowest BCUT2D eigenvalue weighted by Gasteiger charge is -2.15. The fraction of sp³-hybridized carbons (Fsp3) is 0.120. The summed E-state index contributed by atoms with van der Waals surface area (Å²) in [5.74, 6) is 1.71. The van der Waals surface area contributed by atoms with Crippen molar-refractivity contribution in [2.45, 2.75) is 6.67 Å². The van der Waals surface area contributed by atoms with Gasteiger partial charge in [0.15, 0.2) is 12.4 Å². The quantitative estimate of drug-likeness (QED) is 0.430. The Balaban J connectivity index is 1.99. The molecule has 0 N–H and O–H groups in total. The minimum Gasteiger partial charge on any atom is -0.496 e. The molecule has 0 bridgehead atoms. The maximum atomic E-state index is 5.80. The highest BCUT2D eigenvalue weighted by molar-refractivity contribution is 5.93. The van der Waals surface area contributed by atoms with Crippen LogP contribution in [0.5, 0.6) is 11.5 Å². The van der Waals surface area contributed by atoms with Crippen molar-refractivity contribution in [1.29, 1.82) is 0 Å². The van der Waals surface area contributed by atoms with Gasteiger partial charge in [0.25, 0.3) is 0 Å². The SMILES string of the molecule is COc1cccc2c1-c1cccc[n+]1C[n+]1ccccc1-c1c(OC)cccc1-2. The van der Waals surface area contributed by atoms with E-state index in [1.807, 2.05) is 24.3 Å². The summed E-state index contributed by atoms with van der Waals surface area (Å²) in [7, 11) is 3.46. The highest BCUT2D eigenvalue weighted by atomic mass is 16.5. The van der Waals surface area contributed by atoms with Crippen LogP contribution in [-0.2, 0) is 6.67 Å². The lowest BCUT2D eigenvalue weighted by molar-refractivity contribution is -0.903. The third-order valence-electron chi connectivity index (χ3n) is 5.48. The van der Waals surface area contributed by atoms with Gasteiger partial charge in [0.1, 0.15) is 11.5 Å². The molecule has 142 valence electrons. The molecular formula is C25H22N2O2+2. The maximum absolute atomic E-state index is 5.80. The van der Waals surface area contributed by atoms with Crippen molar-refractivity contribution in [2.24, 2.45) is 0 Å². The molecule has 1 aliphatic rings.